The Kier molecular flexibility index (Phi) is 7.64. The first-order valence-corrected chi connectivity index (χ1v) is 12.2. The number of rotatable bonds is 8. The normalized spacial score (nSPS) is 14.4. The summed E-state index contributed by atoms with van der Waals surface area (Å²) in [4.78, 5) is 28.7. The van der Waals surface area contributed by atoms with Gasteiger partial charge in [0, 0.05) is 69.7 Å². The molecule has 0 aliphatic carbocycles. The average molecular weight is 481 g/mol. The molecule has 0 atom stereocenters. The lowest BCUT2D eigenvalue weighted by atomic mass is 10.2. The van der Waals surface area contributed by atoms with Gasteiger partial charge < -0.3 is 20.0 Å². The van der Waals surface area contributed by atoms with Gasteiger partial charge in [-0.1, -0.05) is 0 Å². The van der Waals surface area contributed by atoms with Gasteiger partial charge in [0.2, 0.25) is 0 Å². The second-order valence-corrected chi connectivity index (χ2v) is 9.38. The Morgan fingerprint density at radius 3 is 2.49 bits per heavy atom. The van der Waals surface area contributed by atoms with Gasteiger partial charge in [-0.2, -0.15) is 14.9 Å². The fourth-order valence-electron chi connectivity index (χ4n) is 4.18. The molecule has 0 aromatic carbocycles. The van der Waals surface area contributed by atoms with Crippen LogP contribution in [0.3, 0.4) is 0 Å². The summed E-state index contributed by atoms with van der Waals surface area (Å²) in [5.41, 5.74) is 2.68. The van der Waals surface area contributed by atoms with Gasteiger partial charge in [-0.05, 0) is 46.7 Å². The Bertz CT molecular complexity index is 1150. The van der Waals surface area contributed by atoms with Crippen LogP contribution in [-0.2, 0) is 6.42 Å². The highest BCUT2D eigenvalue weighted by Crippen LogP contribution is 2.21. The lowest BCUT2D eigenvalue weighted by Crippen LogP contribution is -2.44. The van der Waals surface area contributed by atoms with Crippen LogP contribution in [0.25, 0.3) is 0 Å². The van der Waals surface area contributed by atoms with E-state index in [4.69, 9.17) is 9.97 Å². The summed E-state index contributed by atoms with van der Waals surface area (Å²) in [6.07, 6.45) is 2.46. The number of anilines is 3. The third kappa shape index (κ3) is 6.36. The first kappa shape index (κ1) is 24.6. The summed E-state index contributed by atoms with van der Waals surface area (Å²) in [6.45, 7) is 10.3. The van der Waals surface area contributed by atoms with Gasteiger partial charge in [-0.25, -0.2) is 14.8 Å². The molecule has 4 heterocycles. The number of carbonyl (C=O) groups excluding carboxylic acids is 1. The summed E-state index contributed by atoms with van der Waals surface area (Å²) in [5, 5.41) is 14.8. The first-order valence-electron chi connectivity index (χ1n) is 12.2. The van der Waals surface area contributed by atoms with Crippen molar-refractivity contribution in [1.29, 1.82) is 0 Å². The minimum atomic E-state index is -0.107. The molecule has 1 amide bonds. The van der Waals surface area contributed by atoms with Crippen LogP contribution in [-0.4, -0.2) is 92.6 Å². The number of carbonyl (C=O) groups is 1. The topological polar surface area (TPSA) is 111 Å². The van der Waals surface area contributed by atoms with Crippen LogP contribution in [0.2, 0.25) is 0 Å². The zero-order valence-electron chi connectivity index (χ0n) is 21.4. The maximum Gasteiger partial charge on any atom is 0.344 e. The third-order valence-corrected chi connectivity index (χ3v) is 6.21. The van der Waals surface area contributed by atoms with Gasteiger partial charge in [0.25, 0.3) is 0 Å². The molecule has 1 aliphatic rings. The molecular formula is C24H36N10O. The van der Waals surface area contributed by atoms with E-state index in [0.717, 1.165) is 85.8 Å². The van der Waals surface area contributed by atoms with Crippen LogP contribution in [0.15, 0.2) is 18.2 Å². The van der Waals surface area contributed by atoms with Crippen LogP contribution in [0.1, 0.15) is 35.7 Å². The monoisotopic (exact) mass is 480 g/mol. The van der Waals surface area contributed by atoms with Crippen molar-refractivity contribution in [3.05, 3.63) is 41.1 Å². The average Bonchev–Trinajstić information content (AvgIpc) is 3.39. The van der Waals surface area contributed by atoms with Crippen molar-refractivity contribution < 1.29 is 4.79 Å². The van der Waals surface area contributed by atoms with E-state index >= 15 is 0 Å². The molecular weight excluding hydrogens is 444 g/mol. The maximum atomic E-state index is 12.7. The molecule has 35 heavy (non-hydrogen) atoms. The molecule has 0 radical (unpaired) electrons. The molecule has 0 bridgehead atoms. The maximum absolute atomic E-state index is 12.7. The van der Waals surface area contributed by atoms with Crippen LogP contribution in [0.5, 0.6) is 0 Å². The smallest absolute Gasteiger partial charge is 0.344 e. The largest absolute Gasteiger partial charge is 0.354 e. The van der Waals surface area contributed by atoms with Gasteiger partial charge in [0.05, 0.1) is 5.69 Å². The molecule has 1 saturated heterocycles. The summed E-state index contributed by atoms with van der Waals surface area (Å²) < 4.78 is 1.46. The van der Waals surface area contributed by atoms with Gasteiger partial charge in [0.15, 0.2) is 5.82 Å². The fourth-order valence-corrected chi connectivity index (χ4v) is 4.18. The van der Waals surface area contributed by atoms with Crippen LogP contribution >= 0.6 is 0 Å². The predicted molar refractivity (Wildman–Crippen MR) is 136 cm³/mol. The molecule has 11 heteroatoms. The molecule has 0 unspecified atom stereocenters. The Hall–Kier alpha value is -3.47. The van der Waals surface area contributed by atoms with Crippen LogP contribution in [0, 0.1) is 20.8 Å². The van der Waals surface area contributed by atoms with Crippen molar-refractivity contribution in [2.24, 2.45) is 0 Å². The number of likely N-dealkylation sites (N-methyl/N-ethyl adjacent to an activating group) is 1. The SMILES string of the molecule is Cc1cc(C)n(C(=O)N(C)CCCCc2nc(Nc3cc(C)[nH]n3)cc(N3CCN(C)CC3)n2)n1. The number of aryl methyl sites for hydroxylation is 4. The van der Waals surface area contributed by atoms with E-state index in [9.17, 15) is 4.79 Å². The third-order valence-electron chi connectivity index (χ3n) is 6.21. The zero-order valence-corrected chi connectivity index (χ0v) is 21.4. The molecule has 0 saturated carbocycles. The molecule has 1 fully saturated rings. The Labute approximate surface area is 206 Å². The highest BCUT2D eigenvalue weighted by molar-refractivity contribution is 5.76. The molecule has 3 aromatic rings. The van der Waals surface area contributed by atoms with E-state index in [-0.39, 0.29) is 6.03 Å². The Morgan fingerprint density at radius 1 is 1.06 bits per heavy atom. The van der Waals surface area contributed by atoms with Crippen molar-refractivity contribution in [1.82, 2.24) is 39.7 Å². The second kappa shape index (κ2) is 10.9. The molecule has 188 valence electrons. The number of piperazine rings is 1. The van der Waals surface area contributed by atoms with Crippen molar-refractivity contribution in [2.45, 2.75) is 40.0 Å². The fraction of sp³-hybridized carbons (Fsp3) is 0.542. The van der Waals surface area contributed by atoms with E-state index in [1.54, 1.807) is 4.90 Å². The summed E-state index contributed by atoms with van der Waals surface area (Å²) >= 11 is 0. The number of amides is 1. The zero-order chi connectivity index (χ0) is 24.9. The van der Waals surface area contributed by atoms with Crippen molar-refractivity contribution in [2.75, 3.05) is 57.0 Å². The van der Waals surface area contributed by atoms with Gasteiger partial charge in [0.1, 0.15) is 17.5 Å². The highest BCUT2D eigenvalue weighted by Gasteiger charge is 2.18. The molecule has 4 rings (SSSR count). The molecule has 11 nitrogen and oxygen atoms in total. The number of aromatic nitrogens is 6. The first-order chi connectivity index (χ1) is 16.8. The summed E-state index contributed by atoms with van der Waals surface area (Å²) in [5.74, 6) is 3.21. The van der Waals surface area contributed by atoms with Gasteiger partial charge in [-0.3, -0.25) is 5.10 Å². The summed E-state index contributed by atoms with van der Waals surface area (Å²) in [7, 11) is 3.96. The standard InChI is InChI=1S/C24H36N10O/c1-17-15-22(29-28-17)26-21-16-23(33-12-10-31(4)11-13-33)27-20(25-21)8-6-7-9-32(5)24(35)34-19(3)14-18(2)30-34/h14-16H,6-13H2,1-5H3,(H2,25,26,27,28,29). The highest BCUT2D eigenvalue weighted by atomic mass is 16.2. The number of unbranched alkanes of at least 4 members (excludes halogenated alkanes) is 1. The lowest BCUT2D eigenvalue weighted by Gasteiger charge is -2.33. The molecule has 3 aromatic heterocycles. The van der Waals surface area contributed by atoms with Crippen LogP contribution < -0.4 is 10.2 Å². The minimum Gasteiger partial charge on any atom is -0.354 e. The number of H-pyrrole nitrogens is 1. The van der Waals surface area contributed by atoms with E-state index in [1.165, 1.54) is 4.68 Å². The van der Waals surface area contributed by atoms with E-state index < -0.39 is 0 Å². The summed E-state index contributed by atoms with van der Waals surface area (Å²) in [6, 6.07) is 5.75. The van der Waals surface area contributed by atoms with Gasteiger partial charge >= 0.3 is 6.03 Å². The molecule has 1 aliphatic heterocycles. The Morgan fingerprint density at radius 2 is 1.83 bits per heavy atom. The number of hydrogen-bond acceptors (Lipinski definition) is 8. The Balaban J connectivity index is 1.39. The van der Waals surface area contributed by atoms with Gasteiger partial charge in [-0.15, -0.1) is 0 Å². The number of aromatic amines is 1. The van der Waals surface area contributed by atoms with E-state index in [1.807, 2.05) is 46.0 Å². The second-order valence-electron chi connectivity index (χ2n) is 9.38. The van der Waals surface area contributed by atoms with Crippen molar-refractivity contribution >= 4 is 23.5 Å². The minimum absolute atomic E-state index is 0.107. The van der Waals surface area contributed by atoms with E-state index in [2.05, 4.69) is 37.5 Å². The predicted octanol–water partition coefficient (Wildman–Crippen LogP) is 2.74. The molecule has 2 N–H and O–H groups in total. The number of nitrogens with zero attached hydrogens (tertiary/aromatic N) is 8. The lowest BCUT2D eigenvalue weighted by molar-refractivity contribution is 0.205. The van der Waals surface area contributed by atoms with Crippen molar-refractivity contribution in [3.63, 3.8) is 0 Å². The quantitative estimate of drug-likeness (QED) is 0.474. The number of hydrogen-bond donors (Lipinski definition) is 2. The van der Waals surface area contributed by atoms with Crippen LogP contribution in [0.4, 0.5) is 22.2 Å². The van der Waals surface area contributed by atoms with Crippen molar-refractivity contribution in [3.8, 4) is 0 Å². The number of nitrogens with one attached hydrogen (secondary N) is 2. The molecule has 0 spiro atoms. The van der Waals surface area contributed by atoms with E-state index in [0.29, 0.717) is 6.54 Å².